The van der Waals surface area contributed by atoms with E-state index in [1.807, 2.05) is 0 Å². The zero-order chi connectivity index (χ0) is 21.1. The van der Waals surface area contributed by atoms with Gasteiger partial charge in [-0.25, -0.2) is 9.78 Å². The number of aromatic carboxylic acids is 1. The highest BCUT2D eigenvalue weighted by Gasteiger charge is 2.29. The molecule has 0 aliphatic carbocycles. The highest BCUT2D eigenvalue weighted by Crippen LogP contribution is 2.27. The summed E-state index contributed by atoms with van der Waals surface area (Å²) in [4.78, 5) is 28.6. The van der Waals surface area contributed by atoms with Gasteiger partial charge in [-0.3, -0.25) is 4.79 Å². The third kappa shape index (κ3) is 5.45. The van der Waals surface area contributed by atoms with Crippen LogP contribution < -0.4 is 4.74 Å². The average Bonchev–Trinajstić information content (AvgIpc) is 2.59. The third-order valence-electron chi connectivity index (χ3n) is 3.85. The number of aryl methyl sites for hydroxylation is 2. The van der Waals surface area contributed by atoms with Gasteiger partial charge in [0, 0.05) is 13.6 Å². The summed E-state index contributed by atoms with van der Waals surface area (Å²) in [6.45, 7) is 2.04. The van der Waals surface area contributed by atoms with Gasteiger partial charge in [0.25, 0.3) is 5.91 Å². The molecule has 0 bridgehead atoms. The number of benzene rings is 1. The fourth-order valence-electron chi connectivity index (χ4n) is 2.73. The summed E-state index contributed by atoms with van der Waals surface area (Å²) in [7, 11) is 1.52. The van der Waals surface area contributed by atoms with Crippen molar-refractivity contribution < 1.29 is 32.6 Å². The number of halogens is 3. The van der Waals surface area contributed by atoms with Crippen LogP contribution in [0.3, 0.4) is 0 Å². The molecule has 0 atom stereocenters. The first-order valence-electron chi connectivity index (χ1n) is 8.23. The van der Waals surface area contributed by atoms with E-state index in [2.05, 4.69) is 4.98 Å². The van der Waals surface area contributed by atoms with Crippen LogP contribution in [0.2, 0.25) is 0 Å². The molecule has 1 aromatic carbocycles. The van der Waals surface area contributed by atoms with E-state index >= 15 is 0 Å². The summed E-state index contributed by atoms with van der Waals surface area (Å²) in [6, 6.07) is 7.41. The maximum absolute atomic E-state index is 12.5. The lowest BCUT2D eigenvalue weighted by Crippen LogP contribution is -2.27. The summed E-state index contributed by atoms with van der Waals surface area (Å²) in [5.41, 5.74) is 1.48. The van der Waals surface area contributed by atoms with Crippen molar-refractivity contribution in [2.75, 3.05) is 13.7 Å². The van der Waals surface area contributed by atoms with Gasteiger partial charge in [-0.1, -0.05) is 18.2 Å². The normalized spacial score (nSPS) is 11.2. The van der Waals surface area contributed by atoms with Crippen LogP contribution in [0.15, 0.2) is 30.3 Å². The van der Waals surface area contributed by atoms with E-state index < -0.39 is 24.7 Å². The van der Waals surface area contributed by atoms with Gasteiger partial charge in [0.15, 0.2) is 6.61 Å². The van der Waals surface area contributed by atoms with Gasteiger partial charge in [0.1, 0.15) is 17.1 Å². The topological polar surface area (TPSA) is 79.7 Å². The number of alkyl halides is 3. The maximum atomic E-state index is 12.5. The highest BCUT2D eigenvalue weighted by atomic mass is 19.4. The molecule has 1 amide bonds. The molecule has 0 unspecified atom stereocenters. The minimum atomic E-state index is -4.43. The van der Waals surface area contributed by atoms with Crippen LogP contribution in [0.5, 0.6) is 5.75 Å². The molecule has 0 aliphatic rings. The van der Waals surface area contributed by atoms with Crippen molar-refractivity contribution in [3.8, 4) is 5.75 Å². The van der Waals surface area contributed by atoms with Crippen molar-refractivity contribution >= 4 is 11.9 Å². The molecule has 1 aromatic heterocycles. The SMILES string of the molecule is Cc1cc(CN(C)C(=O)c2cccc(C(=O)O)n2)cc(C)c1OCC(F)(F)F. The van der Waals surface area contributed by atoms with Gasteiger partial charge in [-0.05, 0) is 42.7 Å². The van der Waals surface area contributed by atoms with Crippen LogP contribution in [0.1, 0.15) is 37.7 Å². The molecule has 9 heteroatoms. The minimum absolute atomic E-state index is 0.0130. The van der Waals surface area contributed by atoms with Gasteiger partial charge >= 0.3 is 12.1 Å². The van der Waals surface area contributed by atoms with Crippen LogP contribution in [0.4, 0.5) is 13.2 Å². The predicted octanol–water partition coefficient (Wildman–Crippen LogP) is 3.61. The predicted molar refractivity (Wildman–Crippen MR) is 94.5 cm³/mol. The van der Waals surface area contributed by atoms with Crippen LogP contribution >= 0.6 is 0 Å². The summed E-state index contributed by atoms with van der Waals surface area (Å²) < 4.78 is 42.0. The fraction of sp³-hybridized carbons (Fsp3) is 0.316. The smallest absolute Gasteiger partial charge is 0.422 e. The number of aromatic nitrogens is 1. The van der Waals surface area contributed by atoms with Gasteiger partial charge in [-0.2, -0.15) is 13.2 Å². The van der Waals surface area contributed by atoms with E-state index in [1.165, 1.54) is 30.1 Å². The first-order chi connectivity index (χ1) is 13.0. The fourth-order valence-corrected chi connectivity index (χ4v) is 2.73. The number of hydrogen-bond donors (Lipinski definition) is 1. The third-order valence-corrected chi connectivity index (χ3v) is 3.85. The number of carboxylic acid groups (broad SMARTS) is 1. The Morgan fingerprint density at radius 3 is 2.25 bits per heavy atom. The van der Waals surface area contributed by atoms with Gasteiger partial charge < -0.3 is 14.7 Å². The molecule has 2 aromatic rings. The van der Waals surface area contributed by atoms with E-state index in [0.29, 0.717) is 16.7 Å². The Morgan fingerprint density at radius 1 is 1.14 bits per heavy atom. The molecule has 0 saturated carbocycles. The Morgan fingerprint density at radius 2 is 1.71 bits per heavy atom. The Balaban J connectivity index is 2.15. The second kappa shape index (κ2) is 8.28. The molecule has 0 aliphatic heterocycles. The molecule has 150 valence electrons. The molecular formula is C19H19F3N2O4. The molecule has 0 saturated heterocycles. The van der Waals surface area contributed by atoms with E-state index in [-0.39, 0.29) is 23.7 Å². The Labute approximate surface area is 159 Å². The van der Waals surface area contributed by atoms with Crippen LogP contribution in [0, 0.1) is 13.8 Å². The van der Waals surface area contributed by atoms with E-state index in [4.69, 9.17) is 9.84 Å². The van der Waals surface area contributed by atoms with Gasteiger partial charge in [0.2, 0.25) is 0 Å². The van der Waals surface area contributed by atoms with E-state index in [1.54, 1.807) is 26.0 Å². The van der Waals surface area contributed by atoms with Gasteiger partial charge in [0.05, 0.1) is 0 Å². The molecule has 6 nitrogen and oxygen atoms in total. The number of nitrogens with zero attached hydrogens (tertiary/aromatic N) is 2. The van der Waals surface area contributed by atoms with Crippen LogP contribution in [-0.2, 0) is 6.54 Å². The first-order valence-corrected chi connectivity index (χ1v) is 8.23. The van der Waals surface area contributed by atoms with Gasteiger partial charge in [-0.15, -0.1) is 0 Å². The number of amides is 1. The second-order valence-electron chi connectivity index (χ2n) is 6.34. The summed E-state index contributed by atoms with van der Waals surface area (Å²) >= 11 is 0. The largest absolute Gasteiger partial charge is 0.484 e. The number of carboxylic acids is 1. The molecule has 0 radical (unpaired) electrons. The van der Waals surface area contributed by atoms with Crippen molar-refractivity contribution in [1.82, 2.24) is 9.88 Å². The lowest BCUT2D eigenvalue weighted by molar-refractivity contribution is -0.153. The van der Waals surface area contributed by atoms with Crippen molar-refractivity contribution in [1.29, 1.82) is 0 Å². The lowest BCUT2D eigenvalue weighted by Gasteiger charge is -2.19. The van der Waals surface area contributed by atoms with Crippen molar-refractivity contribution in [3.05, 3.63) is 58.4 Å². The summed E-state index contributed by atoms with van der Waals surface area (Å²) in [6.07, 6.45) is -4.43. The molecule has 1 N–H and O–H groups in total. The Kier molecular flexibility index (Phi) is 6.27. The number of ether oxygens (including phenoxy) is 1. The summed E-state index contributed by atoms with van der Waals surface area (Å²) in [5.74, 6) is -1.56. The number of pyridine rings is 1. The molecular weight excluding hydrogens is 377 g/mol. The molecule has 0 fully saturated rings. The molecule has 28 heavy (non-hydrogen) atoms. The standard InChI is InChI=1S/C19H19F3N2O4/c1-11-7-13(8-12(2)16(11)28-10-19(20,21)22)9-24(3)17(25)14-5-4-6-15(23-14)18(26)27/h4-8H,9-10H2,1-3H3,(H,26,27). The van der Waals surface area contributed by atoms with Crippen molar-refractivity contribution in [3.63, 3.8) is 0 Å². The van der Waals surface area contributed by atoms with Crippen LogP contribution in [0.25, 0.3) is 0 Å². The van der Waals surface area contributed by atoms with Crippen molar-refractivity contribution in [2.45, 2.75) is 26.6 Å². The van der Waals surface area contributed by atoms with Crippen molar-refractivity contribution in [2.24, 2.45) is 0 Å². The zero-order valence-corrected chi connectivity index (χ0v) is 15.5. The highest BCUT2D eigenvalue weighted by molar-refractivity contribution is 5.94. The quantitative estimate of drug-likeness (QED) is 0.807. The molecule has 1 heterocycles. The Bertz CT molecular complexity index is 874. The Hall–Kier alpha value is -3.10. The zero-order valence-electron chi connectivity index (χ0n) is 15.5. The number of carbonyl (C=O) groups is 2. The lowest BCUT2D eigenvalue weighted by atomic mass is 10.1. The number of carbonyl (C=O) groups excluding carboxylic acids is 1. The minimum Gasteiger partial charge on any atom is -0.484 e. The molecule has 0 spiro atoms. The number of hydrogen-bond acceptors (Lipinski definition) is 4. The van der Waals surface area contributed by atoms with Crippen LogP contribution in [-0.4, -0.2) is 46.7 Å². The molecule has 2 rings (SSSR count). The maximum Gasteiger partial charge on any atom is 0.422 e. The average molecular weight is 396 g/mol. The second-order valence-corrected chi connectivity index (χ2v) is 6.34. The first kappa shape index (κ1) is 21.2. The van der Waals surface area contributed by atoms with E-state index in [0.717, 1.165) is 0 Å². The number of rotatable bonds is 6. The monoisotopic (exact) mass is 396 g/mol. The summed E-state index contributed by atoms with van der Waals surface area (Å²) in [5, 5.41) is 8.98. The van der Waals surface area contributed by atoms with E-state index in [9.17, 15) is 22.8 Å².